The molecule has 0 aromatic heterocycles. The third-order valence-corrected chi connectivity index (χ3v) is 1.37. The van der Waals surface area contributed by atoms with E-state index in [-0.39, 0.29) is 5.91 Å². The van der Waals surface area contributed by atoms with Crippen LogP contribution in [0.5, 0.6) is 0 Å². The molecule has 0 bridgehead atoms. The summed E-state index contributed by atoms with van der Waals surface area (Å²) >= 11 is 0. The first-order chi connectivity index (χ1) is 4.88. The summed E-state index contributed by atoms with van der Waals surface area (Å²) in [5.41, 5.74) is 7.46. The molecule has 0 saturated heterocycles. The van der Waals surface area contributed by atoms with Crippen molar-refractivity contribution in [3.8, 4) is 0 Å². The first-order valence-corrected chi connectivity index (χ1v) is 2.89. The molecule has 1 aliphatic rings. The molecule has 0 unspecified atom stereocenters. The van der Waals surface area contributed by atoms with Crippen LogP contribution in [0.15, 0.2) is 18.2 Å². The summed E-state index contributed by atoms with van der Waals surface area (Å²) in [5, 5.41) is 0. The Hall–Kier alpha value is -1.51. The van der Waals surface area contributed by atoms with Gasteiger partial charge in [-0.25, -0.2) is 0 Å². The first-order valence-electron chi connectivity index (χ1n) is 2.89. The fourth-order valence-corrected chi connectivity index (χ4v) is 0.881. The second-order valence-corrected chi connectivity index (χ2v) is 2.00. The number of benzene rings is 1. The molecular weight excluding hydrogens is 128 g/mol. The predicted molar refractivity (Wildman–Crippen MR) is 35.4 cm³/mol. The van der Waals surface area contributed by atoms with E-state index in [1.54, 1.807) is 18.2 Å². The minimum Gasteiger partial charge on any atom is -0.274 e. The van der Waals surface area contributed by atoms with Crippen LogP contribution in [0.25, 0.3) is 0 Å². The Morgan fingerprint density at radius 1 is 1.60 bits per heavy atom. The van der Waals surface area contributed by atoms with Crippen LogP contribution < -0.4 is 10.9 Å². The molecule has 1 aliphatic heterocycles. The van der Waals surface area contributed by atoms with Crippen molar-refractivity contribution in [1.29, 1.82) is 0 Å². The van der Waals surface area contributed by atoms with Gasteiger partial charge in [0, 0.05) is 0 Å². The third-order valence-electron chi connectivity index (χ3n) is 1.37. The van der Waals surface area contributed by atoms with Crippen LogP contribution in [-0.4, -0.2) is 5.91 Å². The zero-order chi connectivity index (χ0) is 6.97. The van der Waals surface area contributed by atoms with Gasteiger partial charge in [0.15, 0.2) is 0 Å². The number of hydrogen-bond acceptors (Lipinski definition) is 2. The second-order valence-electron chi connectivity index (χ2n) is 2.00. The predicted octanol–water partition coefficient (Wildman–Crippen LogP) is 0.572. The van der Waals surface area contributed by atoms with Crippen molar-refractivity contribution in [3.63, 3.8) is 0 Å². The van der Waals surface area contributed by atoms with E-state index in [1.807, 2.05) is 0 Å². The van der Waals surface area contributed by atoms with Crippen LogP contribution >= 0.6 is 0 Å². The molecule has 0 spiro atoms. The molecule has 0 saturated carbocycles. The lowest BCUT2D eigenvalue weighted by Crippen LogP contribution is -2.10. The van der Waals surface area contributed by atoms with E-state index in [4.69, 9.17) is 0 Å². The Morgan fingerprint density at radius 2 is 2.50 bits per heavy atom. The van der Waals surface area contributed by atoms with Crippen LogP contribution in [0, 0.1) is 6.07 Å². The quantitative estimate of drug-likeness (QED) is 0.560. The van der Waals surface area contributed by atoms with Crippen LogP contribution in [0.1, 0.15) is 10.4 Å². The van der Waals surface area contributed by atoms with Gasteiger partial charge in [0.1, 0.15) is 0 Å². The van der Waals surface area contributed by atoms with Gasteiger partial charge in [-0.05, 0) is 18.2 Å². The number of amides is 1. The highest BCUT2D eigenvalue weighted by atomic mass is 16.2. The van der Waals surface area contributed by atoms with E-state index < -0.39 is 0 Å². The number of hydrogen-bond donors (Lipinski definition) is 1. The maximum atomic E-state index is 10.8. The van der Waals surface area contributed by atoms with Crippen molar-refractivity contribution in [2.45, 2.75) is 0 Å². The smallest absolute Gasteiger partial charge is 0.274 e. The highest BCUT2D eigenvalue weighted by molar-refractivity contribution is 6.03. The lowest BCUT2D eigenvalue weighted by Gasteiger charge is -1.89. The average molecular weight is 132 g/mol. The Morgan fingerprint density at radius 3 is 3.30 bits per heavy atom. The molecule has 10 heavy (non-hydrogen) atoms. The summed E-state index contributed by atoms with van der Waals surface area (Å²) in [7, 11) is 0. The molecule has 0 aliphatic carbocycles. The van der Waals surface area contributed by atoms with Gasteiger partial charge in [-0.15, -0.1) is 5.43 Å². The summed E-state index contributed by atoms with van der Waals surface area (Å²) < 4.78 is 0. The van der Waals surface area contributed by atoms with Gasteiger partial charge in [-0.2, -0.15) is 0 Å². The SMILES string of the molecule is O=C1[N]Nc2c[c]ccc21. The fourth-order valence-electron chi connectivity index (χ4n) is 0.881. The summed E-state index contributed by atoms with van der Waals surface area (Å²) in [5.74, 6) is -0.205. The van der Waals surface area contributed by atoms with Crippen molar-refractivity contribution < 1.29 is 4.79 Å². The maximum Gasteiger partial charge on any atom is 0.295 e. The molecular formula is C7H4N2O. The molecule has 1 N–H and O–H groups in total. The number of anilines is 1. The number of nitrogens with one attached hydrogen (secondary N) is 1. The second kappa shape index (κ2) is 1.73. The minimum atomic E-state index is -0.205. The van der Waals surface area contributed by atoms with Crippen molar-refractivity contribution in [2.24, 2.45) is 0 Å². The number of rotatable bonds is 0. The van der Waals surface area contributed by atoms with Crippen LogP contribution in [0.3, 0.4) is 0 Å². The van der Waals surface area contributed by atoms with Gasteiger partial charge in [0.2, 0.25) is 0 Å². The molecule has 0 fully saturated rings. The Bertz CT molecular complexity index is 283. The van der Waals surface area contributed by atoms with Crippen LogP contribution in [0.2, 0.25) is 0 Å². The van der Waals surface area contributed by atoms with E-state index in [0.717, 1.165) is 5.69 Å². The standard InChI is InChI=1S/C7H4N2O/c10-7-5-3-1-2-4-6(5)8-9-7/h1,3-4,8H. The molecule has 1 amide bonds. The van der Waals surface area contributed by atoms with Crippen molar-refractivity contribution in [1.82, 2.24) is 5.43 Å². The van der Waals surface area contributed by atoms with Crippen molar-refractivity contribution >= 4 is 11.6 Å². The van der Waals surface area contributed by atoms with Gasteiger partial charge < -0.3 is 0 Å². The molecule has 3 heteroatoms. The van der Waals surface area contributed by atoms with Crippen LogP contribution in [-0.2, 0) is 0 Å². The molecule has 0 atom stereocenters. The number of carbonyl (C=O) groups is 1. The van der Waals surface area contributed by atoms with Crippen LogP contribution in [0.4, 0.5) is 5.69 Å². The molecule has 3 nitrogen and oxygen atoms in total. The summed E-state index contributed by atoms with van der Waals surface area (Å²) in [6.07, 6.45) is 0. The molecule has 2 radical (unpaired) electrons. The van der Waals surface area contributed by atoms with E-state index in [0.29, 0.717) is 5.56 Å². The Kier molecular flexibility index (Phi) is 0.917. The van der Waals surface area contributed by atoms with Gasteiger partial charge in [0.25, 0.3) is 5.91 Å². The minimum absolute atomic E-state index is 0.205. The van der Waals surface area contributed by atoms with Gasteiger partial charge >= 0.3 is 0 Å². The zero-order valence-electron chi connectivity index (χ0n) is 5.09. The number of nitrogens with zero attached hydrogens (tertiary/aromatic N) is 1. The first kappa shape index (κ1) is 5.29. The summed E-state index contributed by atoms with van der Waals surface area (Å²) in [6.45, 7) is 0. The lowest BCUT2D eigenvalue weighted by molar-refractivity contribution is 0.0969. The molecule has 1 aromatic carbocycles. The topological polar surface area (TPSA) is 43.2 Å². The molecule has 2 rings (SSSR count). The Balaban J connectivity index is 2.61. The van der Waals surface area contributed by atoms with E-state index in [1.165, 1.54) is 0 Å². The monoisotopic (exact) mass is 132 g/mol. The van der Waals surface area contributed by atoms with Gasteiger partial charge in [-0.1, -0.05) is 6.07 Å². The summed E-state index contributed by atoms with van der Waals surface area (Å²) in [6, 6.07) is 7.93. The molecule has 1 heterocycles. The summed E-state index contributed by atoms with van der Waals surface area (Å²) in [4.78, 5) is 10.8. The Labute approximate surface area is 58.0 Å². The van der Waals surface area contributed by atoms with Gasteiger partial charge in [0.05, 0.1) is 11.3 Å². The normalized spacial score (nSPS) is 13.8. The molecule has 1 aromatic rings. The average Bonchev–Trinajstić information content (AvgIpc) is 2.34. The zero-order valence-corrected chi connectivity index (χ0v) is 5.09. The van der Waals surface area contributed by atoms with E-state index in [2.05, 4.69) is 16.9 Å². The number of carbonyl (C=O) groups excluding carboxylic acids is 1. The van der Waals surface area contributed by atoms with E-state index in [9.17, 15) is 4.79 Å². The fraction of sp³-hybridized carbons (Fsp3) is 0. The van der Waals surface area contributed by atoms with E-state index >= 15 is 0 Å². The number of fused-ring (bicyclic) bond motifs is 1. The van der Waals surface area contributed by atoms with Crippen molar-refractivity contribution in [3.05, 3.63) is 29.8 Å². The lowest BCUT2D eigenvalue weighted by atomic mass is 10.2. The highest BCUT2D eigenvalue weighted by Crippen LogP contribution is 2.18. The largest absolute Gasteiger partial charge is 0.295 e. The van der Waals surface area contributed by atoms with Crippen molar-refractivity contribution in [2.75, 3.05) is 5.43 Å². The molecule has 48 valence electrons. The maximum absolute atomic E-state index is 10.8. The highest BCUT2D eigenvalue weighted by Gasteiger charge is 2.18. The third kappa shape index (κ3) is 0.572. The van der Waals surface area contributed by atoms with Gasteiger partial charge in [-0.3, -0.25) is 10.2 Å².